The maximum atomic E-state index is 13.9. The third-order valence-electron chi connectivity index (χ3n) is 7.59. The number of aromatic nitrogens is 1. The minimum Gasteiger partial charge on any atom is -0.508 e. The summed E-state index contributed by atoms with van der Waals surface area (Å²) in [6.07, 6.45) is 0.265. The molecule has 1 fully saturated rings. The van der Waals surface area contributed by atoms with Crippen molar-refractivity contribution in [3.8, 4) is 0 Å². The molecule has 2 aromatic rings. The Labute approximate surface area is 204 Å². The molecule has 0 aliphatic heterocycles. The molecule has 1 saturated carbocycles. The molecule has 12 nitrogen and oxygen atoms in total. The van der Waals surface area contributed by atoms with E-state index in [1.54, 1.807) is 39.2 Å². The Balaban J connectivity index is 1.81. The van der Waals surface area contributed by atoms with Gasteiger partial charge in [-0.05, 0) is 44.5 Å². The van der Waals surface area contributed by atoms with Gasteiger partial charge in [0.25, 0.3) is 5.91 Å². The number of oxazole rings is 1. The molecule has 1 aromatic carbocycles. The standard InChI is InChI=1S/C24H26N4O8/c1-27(2)12-7-11-19(36-23(34)26-11)14-9(12)5-8-6-10-16(28(3)4)18(30)15(22(25)33)21(32)24(10,35)20(31)13(8)17(14)29/h7-8,10,16,29,32,35H,5-6H2,1-4H3,(H2,25,33)(H,26,34)/t8-,10-,16-,24-/m0/s1. The van der Waals surface area contributed by atoms with Crippen LogP contribution in [0.2, 0.25) is 0 Å². The van der Waals surface area contributed by atoms with Gasteiger partial charge < -0.3 is 30.4 Å². The van der Waals surface area contributed by atoms with Crippen LogP contribution in [0.1, 0.15) is 17.5 Å². The Hall–Kier alpha value is -3.90. The molecular weight excluding hydrogens is 472 g/mol. The molecule has 1 heterocycles. The van der Waals surface area contributed by atoms with Crippen LogP contribution in [0, 0.1) is 11.8 Å². The number of fused-ring (bicyclic) bond motifs is 5. The number of nitrogens with two attached hydrogens (primary N) is 1. The van der Waals surface area contributed by atoms with Crippen molar-refractivity contribution in [2.75, 3.05) is 33.1 Å². The number of rotatable bonds is 3. The topological polar surface area (TPSA) is 190 Å². The summed E-state index contributed by atoms with van der Waals surface area (Å²) in [7, 11) is 6.69. The first kappa shape index (κ1) is 23.8. The molecule has 0 bridgehead atoms. The van der Waals surface area contributed by atoms with E-state index < -0.39 is 63.8 Å². The van der Waals surface area contributed by atoms with Crippen molar-refractivity contribution in [1.82, 2.24) is 9.88 Å². The summed E-state index contributed by atoms with van der Waals surface area (Å²) in [6, 6.07) is 0.583. The maximum Gasteiger partial charge on any atom is 0.417 e. The van der Waals surface area contributed by atoms with Crippen molar-refractivity contribution in [2.24, 2.45) is 17.6 Å². The number of carbonyl (C=O) groups excluding carboxylic acids is 3. The van der Waals surface area contributed by atoms with Crippen molar-refractivity contribution in [3.63, 3.8) is 0 Å². The number of aromatic amines is 1. The van der Waals surface area contributed by atoms with Gasteiger partial charge in [-0.15, -0.1) is 0 Å². The van der Waals surface area contributed by atoms with Crippen LogP contribution in [-0.2, 0) is 20.8 Å². The van der Waals surface area contributed by atoms with Gasteiger partial charge in [0.2, 0.25) is 5.78 Å². The van der Waals surface area contributed by atoms with Gasteiger partial charge in [0.15, 0.2) is 17.0 Å². The second kappa shape index (κ2) is 7.55. The third-order valence-corrected chi connectivity index (χ3v) is 7.59. The van der Waals surface area contributed by atoms with Gasteiger partial charge in [-0.3, -0.25) is 24.3 Å². The molecule has 6 N–H and O–H groups in total. The third kappa shape index (κ3) is 2.88. The van der Waals surface area contributed by atoms with Crippen molar-refractivity contribution in [3.05, 3.63) is 44.6 Å². The van der Waals surface area contributed by atoms with E-state index in [9.17, 15) is 34.5 Å². The van der Waals surface area contributed by atoms with Crippen molar-refractivity contribution in [1.29, 1.82) is 0 Å². The zero-order chi connectivity index (χ0) is 26.4. The summed E-state index contributed by atoms with van der Waals surface area (Å²) in [6.45, 7) is 0. The molecule has 36 heavy (non-hydrogen) atoms. The highest BCUT2D eigenvalue weighted by Gasteiger charge is 2.64. The van der Waals surface area contributed by atoms with Crippen LogP contribution in [0.4, 0.5) is 5.69 Å². The number of benzene rings is 1. The van der Waals surface area contributed by atoms with Gasteiger partial charge in [0, 0.05) is 31.3 Å². The number of carbonyl (C=O) groups is 3. The molecule has 0 spiro atoms. The zero-order valence-electron chi connectivity index (χ0n) is 20.1. The number of amides is 1. The fourth-order valence-corrected chi connectivity index (χ4v) is 6.10. The number of anilines is 1. The quantitative estimate of drug-likeness (QED) is 0.353. The second-order valence-corrected chi connectivity index (χ2v) is 10.00. The first-order valence-electron chi connectivity index (χ1n) is 11.3. The normalized spacial score (nSPS) is 27.9. The number of Topliss-reactive ketones (excluding diaryl/α,β-unsaturated/α-hetero) is 2. The summed E-state index contributed by atoms with van der Waals surface area (Å²) in [5.41, 5.74) is 3.44. The van der Waals surface area contributed by atoms with E-state index in [4.69, 9.17) is 10.2 Å². The Morgan fingerprint density at radius 1 is 1.19 bits per heavy atom. The fraction of sp³-hybridized carbons (Fsp3) is 0.417. The molecule has 190 valence electrons. The number of nitrogens with zero attached hydrogens (tertiary/aromatic N) is 2. The monoisotopic (exact) mass is 498 g/mol. The molecule has 12 heteroatoms. The van der Waals surface area contributed by atoms with Crippen LogP contribution in [0.25, 0.3) is 16.9 Å². The van der Waals surface area contributed by atoms with E-state index in [1.165, 1.54) is 4.90 Å². The molecule has 1 aromatic heterocycles. The van der Waals surface area contributed by atoms with Gasteiger partial charge in [0.05, 0.1) is 17.1 Å². The lowest BCUT2D eigenvalue weighted by molar-refractivity contribution is -0.153. The Bertz CT molecular complexity index is 1490. The number of ketones is 2. The molecule has 3 aliphatic rings. The smallest absolute Gasteiger partial charge is 0.417 e. The highest BCUT2D eigenvalue weighted by Crippen LogP contribution is 2.53. The first-order chi connectivity index (χ1) is 16.8. The minimum absolute atomic E-state index is 0.0355. The number of hydrogen-bond acceptors (Lipinski definition) is 10. The summed E-state index contributed by atoms with van der Waals surface area (Å²) in [5.74, 6) is -7.20. The van der Waals surface area contributed by atoms with Crippen molar-refractivity contribution < 1.29 is 34.1 Å². The number of aliphatic hydroxyl groups is 3. The highest BCUT2D eigenvalue weighted by atomic mass is 16.4. The van der Waals surface area contributed by atoms with E-state index >= 15 is 0 Å². The Kier molecular flexibility index (Phi) is 4.99. The molecular formula is C24H26N4O8. The number of aliphatic hydroxyl groups excluding tert-OH is 2. The van der Waals surface area contributed by atoms with Crippen LogP contribution < -0.4 is 16.4 Å². The second-order valence-electron chi connectivity index (χ2n) is 10.00. The summed E-state index contributed by atoms with van der Waals surface area (Å²) < 4.78 is 5.28. The summed E-state index contributed by atoms with van der Waals surface area (Å²) >= 11 is 0. The van der Waals surface area contributed by atoms with Crippen LogP contribution >= 0.6 is 0 Å². The highest BCUT2D eigenvalue weighted by molar-refractivity contribution is 6.24. The van der Waals surface area contributed by atoms with Gasteiger partial charge in [-0.1, -0.05) is 0 Å². The maximum absolute atomic E-state index is 13.9. The Morgan fingerprint density at radius 3 is 2.44 bits per heavy atom. The average Bonchev–Trinajstić information content (AvgIpc) is 3.14. The lowest BCUT2D eigenvalue weighted by Crippen LogP contribution is -2.65. The van der Waals surface area contributed by atoms with Gasteiger partial charge in [-0.2, -0.15) is 0 Å². The molecule has 0 unspecified atom stereocenters. The number of likely N-dealkylation sites (N-methyl/N-ethyl adjacent to an activating group) is 1. The van der Waals surface area contributed by atoms with E-state index in [0.29, 0.717) is 16.8 Å². The average molecular weight is 498 g/mol. The largest absolute Gasteiger partial charge is 0.508 e. The van der Waals surface area contributed by atoms with Crippen molar-refractivity contribution in [2.45, 2.75) is 24.5 Å². The number of nitrogens with one attached hydrogen (secondary N) is 1. The predicted molar refractivity (Wildman–Crippen MR) is 127 cm³/mol. The molecule has 5 rings (SSSR count). The van der Waals surface area contributed by atoms with Gasteiger partial charge >= 0.3 is 5.76 Å². The van der Waals surface area contributed by atoms with E-state index in [0.717, 1.165) is 0 Å². The fourth-order valence-electron chi connectivity index (χ4n) is 6.10. The molecule has 0 saturated heterocycles. The summed E-state index contributed by atoms with van der Waals surface area (Å²) in [4.78, 5) is 56.9. The SMILES string of the molecule is CN(C)c1cc2[nH]c(=O)oc2c2c1C[C@H]1C[C@H]3[C@H](N(C)C)C(=O)C(C(N)=O)=C(O)[C@@]3(O)C(=O)C1=C2O. The van der Waals surface area contributed by atoms with E-state index in [1.807, 2.05) is 0 Å². The predicted octanol–water partition coefficient (Wildman–Crippen LogP) is -0.241. The Morgan fingerprint density at radius 2 is 1.86 bits per heavy atom. The molecule has 3 aliphatic carbocycles. The zero-order valence-corrected chi connectivity index (χ0v) is 20.1. The van der Waals surface area contributed by atoms with E-state index in [-0.39, 0.29) is 29.6 Å². The van der Waals surface area contributed by atoms with Crippen LogP contribution in [0.15, 0.2) is 32.2 Å². The van der Waals surface area contributed by atoms with Gasteiger partial charge in [-0.25, -0.2) is 4.79 Å². The molecule has 4 atom stereocenters. The lowest BCUT2D eigenvalue weighted by atomic mass is 9.57. The summed E-state index contributed by atoms with van der Waals surface area (Å²) in [5, 5.41) is 34.0. The van der Waals surface area contributed by atoms with E-state index in [2.05, 4.69) is 4.98 Å². The molecule has 1 amide bonds. The van der Waals surface area contributed by atoms with Crippen LogP contribution in [0.3, 0.4) is 0 Å². The number of H-pyrrole nitrogens is 1. The number of hydrogen-bond donors (Lipinski definition) is 5. The lowest BCUT2D eigenvalue weighted by Gasteiger charge is -2.50. The van der Waals surface area contributed by atoms with Crippen LogP contribution in [-0.4, -0.2) is 82.5 Å². The number of primary amides is 1. The van der Waals surface area contributed by atoms with Gasteiger partial charge in [0.1, 0.15) is 17.1 Å². The first-order valence-corrected chi connectivity index (χ1v) is 11.3. The molecule has 0 radical (unpaired) electrons. The van der Waals surface area contributed by atoms with Crippen LogP contribution in [0.5, 0.6) is 0 Å². The minimum atomic E-state index is -2.66. The van der Waals surface area contributed by atoms with Crippen molar-refractivity contribution >= 4 is 40.0 Å².